The van der Waals surface area contributed by atoms with Gasteiger partial charge in [-0.3, -0.25) is 0 Å². The number of hydrogen-bond donors (Lipinski definition) is 2. The third-order valence-corrected chi connectivity index (χ3v) is 4.87. The summed E-state index contributed by atoms with van der Waals surface area (Å²) in [5.41, 5.74) is 10.5. The Labute approximate surface area is 116 Å². The van der Waals surface area contributed by atoms with Gasteiger partial charge in [0.2, 0.25) is 0 Å². The van der Waals surface area contributed by atoms with Crippen LogP contribution < -0.4 is 11.1 Å². The molecular formula is C17H26N2. The smallest absolute Gasteiger partial charge is 0.0375 e. The first kappa shape index (κ1) is 13.0. The fraction of sp³-hybridized carbons (Fsp3) is 0.647. The lowest BCUT2D eigenvalue weighted by Gasteiger charge is -2.27. The van der Waals surface area contributed by atoms with Gasteiger partial charge in [-0.25, -0.2) is 0 Å². The van der Waals surface area contributed by atoms with Crippen LogP contribution >= 0.6 is 0 Å². The van der Waals surface area contributed by atoms with E-state index in [4.69, 9.17) is 5.73 Å². The molecule has 0 aromatic heterocycles. The van der Waals surface area contributed by atoms with E-state index >= 15 is 0 Å². The summed E-state index contributed by atoms with van der Waals surface area (Å²) in [7, 11) is 0. The van der Waals surface area contributed by atoms with Crippen LogP contribution in [0.2, 0.25) is 0 Å². The minimum atomic E-state index is 0.459. The van der Waals surface area contributed by atoms with Crippen molar-refractivity contribution < 1.29 is 0 Å². The van der Waals surface area contributed by atoms with Crippen molar-refractivity contribution in [2.45, 2.75) is 57.4 Å². The minimum absolute atomic E-state index is 0.459. The molecule has 0 radical (unpaired) electrons. The number of benzene rings is 1. The van der Waals surface area contributed by atoms with Gasteiger partial charge in [0.05, 0.1) is 0 Å². The van der Waals surface area contributed by atoms with E-state index in [0.29, 0.717) is 6.04 Å². The molecule has 0 amide bonds. The average molecular weight is 258 g/mol. The Hall–Kier alpha value is -1.02. The highest BCUT2D eigenvalue weighted by molar-refractivity contribution is 5.55. The van der Waals surface area contributed by atoms with Crippen molar-refractivity contribution in [3.63, 3.8) is 0 Å². The van der Waals surface area contributed by atoms with E-state index in [1.807, 2.05) is 0 Å². The van der Waals surface area contributed by atoms with E-state index in [-0.39, 0.29) is 0 Å². The Balaban J connectivity index is 1.61. The number of nitrogens with one attached hydrogen (secondary N) is 1. The molecule has 2 nitrogen and oxygen atoms in total. The quantitative estimate of drug-likeness (QED) is 0.871. The van der Waals surface area contributed by atoms with Gasteiger partial charge in [0, 0.05) is 18.3 Å². The molecule has 3 rings (SSSR count). The minimum Gasteiger partial charge on any atom is -0.385 e. The Kier molecular flexibility index (Phi) is 4.07. The third kappa shape index (κ3) is 3.11. The lowest BCUT2D eigenvalue weighted by molar-refractivity contribution is 0.338. The normalized spacial score (nSPS) is 26.8. The van der Waals surface area contributed by atoms with Gasteiger partial charge in [-0.05, 0) is 74.5 Å². The van der Waals surface area contributed by atoms with E-state index in [9.17, 15) is 0 Å². The fourth-order valence-electron chi connectivity index (χ4n) is 3.59. The highest BCUT2D eigenvalue weighted by Gasteiger charge is 2.19. The summed E-state index contributed by atoms with van der Waals surface area (Å²) in [4.78, 5) is 0. The maximum Gasteiger partial charge on any atom is 0.0375 e. The van der Waals surface area contributed by atoms with Gasteiger partial charge in [0.1, 0.15) is 0 Å². The molecule has 2 aliphatic rings. The maximum atomic E-state index is 5.97. The Morgan fingerprint density at radius 2 is 1.84 bits per heavy atom. The molecule has 2 aliphatic carbocycles. The molecule has 0 atom stereocenters. The second-order valence-electron chi connectivity index (χ2n) is 6.31. The molecule has 104 valence electrons. The SMILES string of the molecule is NC1CCC(CNc2cccc3c2CCCC3)CC1. The summed E-state index contributed by atoms with van der Waals surface area (Å²) in [6.07, 6.45) is 10.2. The number of fused-ring (bicyclic) bond motifs is 1. The van der Waals surface area contributed by atoms with Gasteiger partial charge in [-0.1, -0.05) is 12.1 Å². The molecule has 2 heteroatoms. The zero-order valence-corrected chi connectivity index (χ0v) is 11.8. The van der Waals surface area contributed by atoms with Gasteiger partial charge < -0.3 is 11.1 Å². The van der Waals surface area contributed by atoms with Gasteiger partial charge >= 0.3 is 0 Å². The number of nitrogens with two attached hydrogens (primary N) is 1. The van der Waals surface area contributed by atoms with E-state index in [2.05, 4.69) is 23.5 Å². The average Bonchev–Trinajstić information content (AvgIpc) is 2.47. The lowest BCUT2D eigenvalue weighted by Crippen LogP contribution is -2.29. The van der Waals surface area contributed by atoms with Crippen molar-refractivity contribution in [3.05, 3.63) is 29.3 Å². The number of aryl methyl sites for hydroxylation is 1. The Bertz CT molecular complexity index is 419. The summed E-state index contributed by atoms with van der Waals surface area (Å²) in [5, 5.41) is 3.72. The molecular weight excluding hydrogens is 232 g/mol. The summed E-state index contributed by atoms with van der Waals surface area (Å²) in [6.45, 7) is 1.13. The van der Waals surface area contributed by atoms with Crippen molar-refractivity contribution in [3.8, 4) is 0 Å². The Morgan fingerprint density at radius 3 is 2.68 bits per heavy atom. The van der Waals surface area contributed by atoms with Crippen molar-refractivity contribution in [1.82, 2.24) is 0 Å². The summed E-state index contributed by atoms with van der Waals surface area (Å²) in [5.74, 6) is 0.819. The lowest BCUT2D eigenvalue weighted by atomic mass is 9.86. The molecule has 1 aromatic rings. The number of hydrogen-bond acceptors (Lipinski definition) is 2. The van der Waals surface area contributed by atoms with E-state index in [1.165, 1.54) is 57.1 Å². The second-order valence-corrected chi connectivity index (χ2v) is 6.31. The molecule has 0 aliphatic heterocycles. The van der Waals surface area contributed by atoms with Crippen LogP contribution in [0.1, 0.15) is 49.7 Å². The van der Waals surface area contributed by atoms with Crippen LogP contribution in [0.4, 0.5) is 5.69 Å². The van der Waals surface area contributed by atoms with Crippen LogP contribution in [0.3, 0.4) is 0 Å². The van der Waals surface area contributed by atoms with Gasteiger partial charge in [0.25, 0.3) is 0 Å². The molecule has 0 bridgehead atoms. The first-order chi connectivity index (χ1) is 9.33. The van der Waals surface area contributed by atoms with Crippen LogP contribution in [0, 0.1) is 5.92 Å². The zero-order valence-electron chi connectivity index (χ0n) is 11.8. The summed E-state index contributed by atoms with van der Waals surface area (Å²) < 4.78 is 0. The van der Waals surface area contributed by atoms with Gasteiger partial charge in [-0.15, -0.1) is 0 Å². The molecule has 0 spiro atoms. The molecule has 1 fully saturated rings. The van der Waals surface area contributed by atoms with Crippen LogP contribution in [0.15, 0.2) is 18.2 Å². The first-order valence-electron chi connectivity index (χ1n) is 7.93. The molecule has 0 saturated heterocycles. The van der Waals surface area contributed by atoms with E-state index in [1.54, 1.807) is 11.1 Å². The van der Waals surface area contributed by atoms with Crippen molar-refractivity contribution in [1.29, 1.82) is 0 Å². The molecule has 3 N–H and O–H groups in total. The largest absolute Gasteiger partial charge is 0.385 e. The fourth-order valence-corrected chi connectivity index (χ4v) is 3.59. The van der Waals surface area contributed by atoms with Crippen LogP contribution in [0.5, 0.6) is 0 Å². The molecule has 0 heterocycles. The zero-order chi connectivity index (χ0) is 13.1. The van der Waals surface area contributed by atoms with Gasteiger partial charge in [-0.2, -0.15) is 0 Å². The van der Waals surface area contributed by atoms with E-state index in [0.717, 1.165) is 12.5 Å². The van der Waals surface area contributed by atoms with Crippen molar-refractivity contribution in [2.24, 2.45) is 11.7 Å². The number of anilines is 1. The first-order valence-corrected chi connectivity index (χ1v) is 7.93. The molecule has 0 unspecified atom stereocenters. The molecule has 1 saturated carbocycles. The standard InChI is InChI=1S/C17H26N2/c18-15-10-8-13(9-11-15)12-19-17-7-3-5-14-4-1-2-6-16(14)17/h3,5,7,13,15,19H,1-2,4,6,8-12,18H2. The number of rotatable bonds is 3. The van der Waals surface area contributed by atoms with Crippen LogP contribution in [0.25, 0.3) is 0 Å². The maximum absolute atomic E-state index is 5.97. The summed E-state index contributed by atoms with van der Waals surface area (Å²) >= 11 is 0. The third-order valence-electron chi connectivity index (χ3n) is 4.87. The topological polar surface area (TPSA) is 38.0 Å². The molecule has 19 heavy (non-hydrogen) atoms. The van der Waals surface area contributed by atoms with Crippen molar-refractivity contribution >= 4 is 5.69 Å². The predicted molar refractivity (Wildman–Crippen MR) is 81.5 cm³/mol. The van der Waals surface area contributed by atoms with Crippen LogP contribution in [-0.4, -0.2) is 12.6 Å². The van der Waals surface area contributed by atoms with E-state index < -0.39 is 0 Å². The second kappa shape index (κ2) is 5.96. The van der Waals surface area contributed by atoms with Gasteiger partial charge in [0.15, 0.2) is 0 Å². The van der Waals surface area contributed by atoms with Crippen molar-refractivity contribution in [2.75, 3.05) is 11.9 Å². The monoisotopic (exact) mass is 258 g/mol. The highest BCUT2D eigenvalue weighted by Crippen LogP contribution is 2.29. The summed E-state index contributed by atoms with van der Waals surface area (Å²) in [6, 6.07) is 7.24. The molecule has 1 aromatic carbocycles. The predicted octanol–water partition coefficient (Wildman–Crippen LogP) is 3.49. The van der Waals surface area contributed by atoms with Crippen LogP contribution in [-0.2, 0) is 12.8 Å². The Morgan fingerprint density at radius 1 is 1.05 bits per heavy atom. The highest BCUT2D eigenvalue weighted by atomic mass is 14.9.